The molecule has 0 radical (unpaired) electrons. The predicted octanol–water partition coefficient (Wildman–Crippen LogP) is 3.42. The molecule has 2 fully saturated rings. The van der Waals surface area contributed by atoms with E-state index in [-0.39, 0.29) is 16.2 Å². The Morgan fingerprint density at radius 1 is 0.771 bits per heavy atom. The second-order valence-corrected chi connectivity index (χ2v) is 12.8. The van der Waals surface area contributed by atoms with E-state index in [1.54, 1.807) is 0 Å². The molecule has 1 aliphatic carbocycles. The molecule has 0 aromatic heterocycles. The molecule has 11 heteroatoms. The Morgan fingerprint density at radius 2 is 1.26 bits per heavy atom. The van der Waals surface area contributed by atoms with Gasteiger partial charge in [0.25, 0.3) is 26.0 Å². The van der Waals surface area contributed by atoms with E-state index < -0.39 is 43.9 Å². The van der Waals surface area contributed by atoms with Crippen LogP contribution in [-0.4, -0.2) is 50.3 Å². The maximum absolute atomic E-state index is 13.8. The highest BCUT2D eigenvalue weighted by Gasteiger charge is 2.42. The van der Waals surface area contributed by atoms with E-state index in [9.17, 15) is 31.1 Å². The van der Waals surface area contributed by atoms with Crippen LogP contribution in [0.1, 0.15) is 51.4 Å². The Kier molecular flexibility index (Phi) is 7.60. The fourth-order valence-electron chi connectivity index (χ4n) is 4.70. The third kappa shape index (κ3) is 5.28. The molecule has 0 bridgehead atoms. The molecule has 1 atom stereocenters. The molecule has 1 aliphatic heterocycles. The van der Waals surface area contributed by atoms with Gasteiger partial charge in [0.05, 0.1) is 9.79 Å². The van der Waals surface area contributed by atoms with Crippen LogP contribution < -0.4 is 4.90 Å². The summed E-state index contributed by atoms with van der Waals surface area (Å²) in [6, 6.07) is 8.79. The van der Waals surface area contributed by atoms with Crippen molar-refractivity contribution >= 4 is 31.6 Å². The summed E-state index contributed by atoms with van der Waals surface area (Å²) in [6.45, 7) is 0.305. The van der Waals surface area contributed by atoms with Crippen LogP contribution in [0.5, 0.6) is 0 Å². The number of benzene rings is 2. The highest BCUT2D eigenvalue weighted by molar-refractivity contribution is 8.04. The average Bonchev–Trinajstić information content (AvgIpc) is 3.13. The van der Waals surface area contributed by atoms with Crippen LogP contribution in [0.4, 0.5) is 10.1 Å². The highest BCUT2D eigenvalue weighted by atomic mass is 32.3. The second kappa shape index (κ2) is 10.3. The van der Waals surface area contributed by atoms with Gasteiger partial charge in [-0.1, -0.05) is 35.8 Å². The third-order valence-electron chi connectivity index (χ3n) is 6.58. The minimum atomic E-state index is -4.51. The van der Waals surface area contributed by atoms with Crippen LogP contribution in [0.2, 0.25) is 0 Å². The van der Waals surface area contributed by atoms with Crippen LogP contribution in [0.3, 0.4) is 0 Å². The lowest BCUT2D eigenvalue weighted by molar-refractivity contribution is -0.124. The Hall–Kier alpha value is -2.34. The van der Waals surface area contributed by atoms with Gasteiger partial charge in [0.1, 0.15) is 11.9 Å². The zero-order valence-electron chi connectivity index (χ0n) is 19.2. The van der Waals surface area contributed by atoms with Crippen LogP contribution >= 0.6 is 0 Å². The van der Waals surface area contributed by atoms with E-state index in [1.165, 1.54) is 29.2 Å². The summed E-state index contributed by atoms with van der Waals surface area (Å²) in [4.78, 5) is 13.0. The molecule has 2 aliphatic rings. The van der Waals surface area contributed by atoms with Crippen LogP contribution in [-0.2, 0) is 24.8 Å². The Morgan fingerprint density at radius 3 is 1.74 bits per heavy atom. The quantitative estimate of drug-likeness (QED) is 0.620. The predicted molar refractivity (Wildman–Crippen MR) is 128 cm³/mol. The van der Waals surface area contributed by atoms with E-state index in [1.807, 2.05) is 0 Å². The third-order valence-corrected chi connectivity index (χ3v) is 11.0. The molecule has 190 valence electrons. The molecule has 35 heavy (non-hydrogen) atoms. The second-order valence-electron chi connectivity index (χ2n) is 8.98. The van der Waals surface area contributed by atoms with E-state index in [0.717, 1.165) is 43.5 Å². The number of amides is 1. The number of nitrogens with zero attached hydrogens (tertiary/aromatic N) is 2. The van der Waals surface area contributed by atoms with Gasteiger partial charge in [0.2, 0.25) is 0 Å². The lowest BCUT2D eigenvalue weighted by Crippen LogP contribution is -2.44. The van der Waals surface area contributed by atoms with Gasteiger partial charge in [-0.15, -0.1) is 0 Å². The zero-order valence-corrected chi connectivity index (χ0v) is 20.8. The number of carbonyl (C=O) groups is 1. The normalized spacial score (nSPS) is 20.7. The monoisotopic (exact) mass is 524 g/mol. The minimum Gasteiger partial charge on any atom is -0.383 e. The van der Waals surface area contributed by atoms with Gasteiger partial charge in [-0.25, -0.2) is 21.2 Å². The summed E-state index contributed by atoms with van der Waals surface area (Å²) < 4.78 is 69.0. The van der Waals surface area contributed by atoms with Gasteiger partial charge in [0.15, 0.2) is 0 Å². The van der Waals surface area contributed by atoms with E-state index in [0.29, 0.717) is 41.6 Å². The zero-order chi connectivity index (χ0) is 25.2. The number of hydrogen-bond acceptors (Lipinski definition) is 6. The van der Waals surface area contributed by atoms with Crippen molar-refractivity contribution in [3.8, 4) is 0 Å². The summed E-state index contributed by atoms with van der Waals surface area (Å²) in [5, 5.41) is 9.70. The van der Waals surface area contributed by atoms with Crippen LogP contribution in [0.25, 0.3) is 0 Å². The van der Waals surface area contributed by atoms with Gasteiger partial charge in [-0.3, -0.25) is 4.79 Å². The van der Waals surface area contributed by atoms with Crippen molar-refractivity contribution in [3.63, 3.8) is 0 Å². The minimum absolute atomic E-state index is 0.221. The average molecular weight is 525 g/mol. The summed E-state index contributed by atoms with van der Waals surface area (Å²) in [5.74, 6) is -1.09. The molecule has 8 nitrogen and oxygen atoms in total. The topological polar surface area (TPSA) is 112 Å². The molecule has 1 heterocycles. The maximum Gasteiger partial charge on any atom is 0.256 e. The summed E-state index contributed by atoms with van der Waals surface area (Å²) in [7, 11) is -9.02. The van der Waals surface area contributed by atoms with Crippen molar-refractivity contribution in [1.82, 2.24) is 3.71 Å². The molecule has 1 saturated carbocycles. The largest absolute Gasteiger partial charge is 0.383 e. The molecule has 0 spiro atoms. The first-order chi connectivity index (χ1) is 16.6. The molecule has 4 rings (SSSR count). The lowest BCUT2D eigenvalue weighted by atomic mass is 9.97. The first-order valence-electron chi connectivity index (χ1n) is 11.8. The van der Waals surface area contributed by atoms with Gasteiger partial charge < -0.3 is 10.0 Å². The number of hydrogen-bond donors (Lipinski definition) is 1. The lowest BCUT2D eigenvalue weighted by Gasteiger charge is -2.31. The molecule has 0 unspecified atom stereocenters. The Balaban J connectivity index is 1.74. The van der Waals surface area contributed by atoms with Gasteiger partial charge in [-0.2, -0.15) is 0 Å². The summed E-state index contributed by atoms with van der Waals surface area (Å²) >= 11 is 0. The van der Waals surface area contributed by atoms with Crippen LogP contribution in [0, 0.1) is 5.82 Å². The summed E-state index contributed by atoms with van der Waals surface area (Å²) in [6.07, 6.45) is 4.21. The van der Waals surface area contributed by atoms with Crippen molar-refractivity contribution in [2.24, 2.45) is 0 Å². The van der Waals surface area contributed by atoms with Crippen molar-refractivity contribution < 1.29 is 31.1 Å². The maximum atomic E-state index is 13.8. The molecular formula is C24H29FN2O6S2. The number of rotatable bonds is 6. The summed E-state index contributed by atoms with van der Waals surface area (Å²) in [5.41, 5.74) is 0.421. The molecule has 1 saturated heterocycles. The van der Waals surface area contributed by atoms with Gasteiger partial charge >= 0.3 is 0 Å². The van der Waals surface area contributed by atoms with Crippen LogP contribution in [0.15, 0.2) is 58.3 Å². The van der Waals surface area contributed by atoms with E-state index >= 15 is 0 Å². The number of carbonyl (C=O) groups excluding carboxylic acids is 1. The Bertz CT molecular complexity index is 1260. The first-order valence-corrected chi connectivity index (χ1v) is 14.6. The Labute approximate surface area is 205 Å². The number of sulfonamides is 2. The first kappa shape index (κ1) is 25.7. The molecule has 1 amide bonds. The van der Waals surface area contributed by atoms with E-state index in [4.69, 9.17) is 0 Å². The fourth-order valence-corrected chi connectivity index (χ4v) is 8.83. The van der Waals surface area contributed by atoms with Gasteiger partial charge in [0, 0.05) is 24.7 Å². The van der Waals surface area contributed by atoms with Crippen molar-refractivity contribution in [2.75, 3.05) is 11.4 Å². The number of aliphatic hydroxyl groups is 1. The van der Waals surface area contributed by atoms with Crippen molar-refractivity contribution in [1.29, 1.82) is 0 Å². The standard InChI is InChI=1S/C24H29FN2O6S2/c25-18-8-12-21(13-9-18)34(30,31)27(20-6-4-2-1-3-5-7-20)35(32,33)22-14-10-19(11-15-22)26-17-16-23(28)24(26)29/h8-15,20,23,28H,1-7,16-17H2/t23-/m1/s1. The molecule has 2 aromatic rings. The van der Waals surface area contributed by atoms with Crippen molar-refractivity contribution in [2.45, 2.75) is 73.3 Å². The SMILES string of the molecule is O=C1[C@H](O)CCN1c1ccc(S(=O)(=O)N(C2CCCCCCC2)S(=O)(=O)c2ccc(F)cc2)cc1. The number of halogens is 1. The van der Waals surface area contributed by atoms with Gasteiger partial charge in [-0.05, 0) is 61.4 Å². The van der Waals surface area contributed by atoms with Crippen molar-refractivity contribution in [3.05, 3.63) is 54.3 Å². The molecule has 2 aromatic carbocycles. The van der Waals surface area contributed by atoms with E-state index in [2.05, 4.69) is 0 Å². The number of anilines is 1. The smallest absolute Gasteiger partial charge is 0.256 e. The molecule has 1 N–H and O–H groups in total. The molecular weight excluding hydrogens is 495 g/mol. The highest BCUT2D eigenvalue weighted by Crippen LogP contribution is 2.33. The fraction of sp³-hybridized carbons (Fsp3) is 0.458. The number of aliphatic hydroxyl groups excluding tert-OH is 1.